The number of hydrogen-bond donors (Lipinski definition) is 0. The molecule has 2 aliphatic rings. The molecule has 0 amide bonds. The van der Waals surface area contributed by atoms with E-state index in [0.29, 0.717) is 12.3 Å². The Hall–Kier alpha value is -0.0900. The SMILES string of the molecule is CC1CC(CN2CCS(=O)(=O)C(C)(C)C2)C1. The van der Waals surface area contributed by atoms with Crippen LogP contribution in [0.3, 0.4) is 0 Å². The van der Waals surface area contributed by atoms with Crippen LogP contribution in [0.5, 0.6) is 0 Å². The van der Waals surface area contributed by atoms with Gasteiger partial charge in [-0.15, -0.1) is 0 Å². The van der Waals surface area contributed by atoms with E-state index in [9.17, 15) is 8.42 Å². The Labute approximate surface area is 99.1 Å². The summed E-state index contributed by atoms with van der Waals surface area (Å²) in [7, 11) is -2.87. The van der Waals surface area contributed by atoms with Gasteiger partial charge in [0.15, 0.2) is 9.84 Å². The molecule has 0 bridgehead atoms. The van der Waals surface area contributed by atoms with Gasteiger partial charge in [-0.05, 0) is 38.5 Å². The minimum atomic E-state index is -2.87. The molecule has 16 heavy (non-hydrogen) atoms. The van der Waals surface area contributed by atoms with Gasteiger partial charge in [0.25, 0.3) is 0 Å². The third-order valence-electron chi connectivity index (χ3n) is 4.11. The minimum absolute atomic E-state index is 0.336. The Morgan fingerprint density at radius 2 is 1.94 bits per heavy atom. The summed E-state index contributed by atoms with van der Waals surface area (Å²) in [5, 5.41) is 0. The molecule has 1 aliphatic carbocycles. The highest BCUT2D eigenvalue weighted by atomic mass is 32.2. The van der Waals surface area contributed by atoms with Crippen molar-refractivity contribution in [2.24, 2.45) is 11.8 Å². The molecule has 0 unspecified atom stereocenters. The molecule has 0 aromatic heterocycles. The van der Waals surface area contributed by atoms with Gasteiger partial charge in [-0.2, -0.15) is 0 Å². The molecule has 1 saturated carbocycles. The van der Waals surface area contributed by atoms with Crippen LogP contribution < -0.4 is 0 Å². The second-order valence-corrected chi connectivity index (χ2v) is 9.00. The molecular weight excluding hydrogens is 222 g/mol. The van der Waals surface area contributed by atoms with Crippen LogP contribution in [0, 0.1) is 11.8 Å². The van der Waals surface area contributed by atoms with Gasteiger partial charge in [-0.3, -0.25) is 0 Å². The highest BCUT2D eigenvalue weighted by Gasteiger charge is 2.41. The highest BCUT2D eigenvalue weighted by Crippen LogP contribution is 2.34. The standard InChI is InChI=1S/C12H23NO2S/c1-10-6-11(7-10)8-13-4-5-16(14,15)12(2,3)9-13/h10-11H,4-9H2,1-3H3. The topological polar surface area (TPSA) is 37.4 Å². The molecule has 4 heteroatoms. The van der Waals surface area contributed by atoms with E-state index in [1.807, 2.05) is 13.8 Å². The van der Waals surface area contributed by atoms with Crippen molar-refractivity contribution in [2.45, 2.75) is 38.4 Å². The monoisotopic (exact) mass is 245 g/mol. The van der Waals surface area contributed by atoms with Crippen LogP contribution in [-0.4, -0.2) is 43.5 Å². The molecule has 1 aliphatic heterocycles. The lowest BCUT2D eigenvalue weighted by Crippen LogP contribution is -2.54. The molecule has 0 N–H and O–H groups in total. The highest BCUT2D eigenvalue weighted by molar-refractivity contribution is 7.92. The van der Waals surface area contributed by atoms with Gasteiger partial charge < -0.3 is 4.90 Å². The van der Waals surface area contributed by atoms with Crippen LogP contribution in [0.2, 0.25) is 0 Å². The summed E-state index contributed by atoms with van der Waals surface area (Å²) < 4.78 is 23.1. The number of hydrogen-bond acceptors (Lipinski definition) is 3. The summed E-state index contributed by atoms with van der Waals surface area (Å²) in [6.07, 6.45) is 2.65. The van der Waals surface area contributed by atoms with Crippen molar-refractivity contribution < 1.29 is 8.42 Å². The van der Waals surface area contributed by atoms with Crippen molar-refractivity contribution in [3.8, 4) is 0 Å². The van der Waals surface area contributed by atoms with Crippen molar-refractivity contribution in [3.63, 3.8) is 0 Å². The molecule has 0 aromatic rings. The van der Waals surface area contributed by atoms with Gasteiger partial charge in [-0.1, -0.05) is 6.92 Å². The molecule has 94 valence electrons. The van der Waals surface area contributed by atoms with Crippen molar-refractivity contribution in [1.29, 1.82) is 0 Å². The summed E-state index contributed by atoms with van der Waals surface area (Å²) in [5.74, 6) is 2.03. The van der Waals surface area contributed by atoms with E-state index in [1.165, 1.54) is 12.8 Å². The number of sulfone groups is 1. The van der Waals surface area contributed by atoms with Crippen LogP contribution in [0.25, 0.3) is 0 Å². The Bertz CT molecular complexity index is 355. The predicted molar refractivity (Wildman–Crippen MR) is 66.2 cm³/mol. The zero-order chi connectivity index (χ0) is 12.0. The largest absolute Gasteiger partial charge is 0.301 e. The van der Waals surface area contributed by atoms with Crippen molar-refractivity contribution in [2.75, 3.05) is 25.4 Å². The van der Waals surface area contributed by atoms with E-state index in [1.54, 1.807) is 0 Å². The van der Waals surface area contributed by atoms with Crippen molar-refractivity contribution in [1.82, 2.24) is 4.90 Å². The van der Waals surface area contributed by atoms with E-state index in [0.717, 1.165) is 24.9 Å². The lowest BCUT2D eigenvalue weighted by atomic mass is 9.76. The summed E-state index contributed by atoms with van der Waals surface area (Å²) in [6, 6.07) is 0. The molecule has 1 saturated heterocycles. The first kappa shape index (κ1) is 12.4. The third kappa shape index (κ3) is 2.28. The van der Waals surface area contributed by atoms with Crippen molar-refractivity contribution >= 4 is 9.84 Å². The Balaban J connectivity index is 1.91. The van der Waals surface area contributed by atoms with Gasteiger partial charge in [0.2, 0.25) is 0 Å². The van der Waals surface area contributed by atoms with Crippen LogP contribution in [0.15, 0.2) is 0 Å². The lowest BCUT2D eigenvalue weighted by Gasteiger charge is -2.42. The number of nitrogens with zero attached hydrogens (tertiary/aromatic N) is 1. The molecular formula is C12H23NO2S. The second kappa shape index (κ2) is 3.98. The van der Waals surface area contributed by atoms with Gasteiger partial charge >= 0.3 is 0 Å². The van der Waals surface area contributed by atoms with Crippen LogP contribution in [0.1, 0.15) is 33.6 Å². The van der Waals surface area contributed by atoms with Crippen LogP contribution in [0.4, 0.5) is 0 Å². The predicted octanol–water partition coefficient (Wildman–Crippen LogP) is 1.54. The van der Waals surface area contributed by atoms with E-state index in [2.05, 4.69) is 11.8 Å². The maximum atomic E-state index is 11.8. The first-order valence-electron chi connectivity index (χ1n) is 6.25. The van der Waals surface area contributed by atoms with E-state index in [-0.39, 0.29) is 0 Å². The van der Waals surface area contributed by atoms with E-state index < -0.39 is 14.6 Å². The molecule has 1 heterocycles. The Morgan fingerprint density at radius 1 is 1.31 bits per heavy atom. The molecule has 0 aromatic carbocycles. The fraction of sp³-hybridized carbons (Fsp3) is 1.00. The summed E-state index contributed by atoms with van der Waals surface area (Å²) in [5.41, 5.74) is 0. The maximum Gasteiger partial charge on any atom is 0.157 e. The minimum Gasteiger partial charge on any atom is -0.301 e. The van der Waals surface area contributed by atoms with E-state index >= 15 is 0 Å². The summed E-state index contributed by atoms with van der Waals surface area (Å²) in [4.78, 5) is 2.34. The zero-order valence-electron chi connectivity index (χ0n) is 10.6. The average Bonchev–Trinajstić information content (AvgIpc) is 2.09. The van der Waals surface area contributed by atoms with Crippen molar-refractivity contribution in [3.05, 3.63) is 0 Å². The van der Waals surface area contributed by atoms with Gasteiger partial charge in [0.05, 0.1) is 10.5 Å². The quantitative estimate of drug-likeness (QED) is 0.740. The normalized spacial score (nSPS) is 37.9. The molecule has 2 rings (SSSR count). The maximum absolute atomic E-state index is 11.8. The summed E-state index contributed by atoms with van der Waals surface area (Å²) >= 11 is 0. The van der Waals surface area contributed by atoms with E-state index in [4.69, 9.17) is 0 Å². The number of rotatable bonds is 2. The fourth-order valence-corrected chi connectivity index (χ4v) is 4.41. The molecule has 0 radical (unpaired) electrons. The Kier molecular flexibility index (Phi) is 3.08. The second-order valence-electron chi connectivity index (χ2n) is 6.26. The third-order valence-corrected chi connectivity index (χ3v) is 6.64. The van der Waals surface area contributed by atoms with Gasteiger partial charge in [0, 0.05) is 19.6 Å². The fourth-order valence-electron chi connectivity index (χ4n) is 2.98. The summed E-state index contributed by atoms with van der Waals surface area (Å²) in [6.45, 7) is 8.55. The first-order valence-corrected chi connectivity index (χ1v) is 7.90. The lowest BCUT2D eigenvalue weighted by molar-refractivity contribution is 0.128. The van der Waals surface area contributed by atoms with Crippen LogP contribution in [-0.2, 0) is 9.84 Å². The average molecular weight is 245 g/mol. The molecule has 0 spiro atoms. The van der Waals surface area contributed by atoms with Gasteiger partial charge in [-0.25, -0.2) is 8.42 Å². The first-order chi connectivity index (χ1) is 7.30. The van der Waals surface area contributed by atoms with Crippen LogP contribution >= 0.6 is 0 Å². The smallest absolute Gasteiger partial charge is 0.157 e. The Morgan fingerprint density at radius 3 is 2.44 bits per heavy atom. The zero-order valence-corrected chi connectivity index (χ0v) is 11.4. The molecule has 3 nitrogen and oxygen atoms in total. The molecule has 0 atom stereocenters. The van der Waals surface area contributed by atoms with Gasteiger partial charge in [0.1, 0.15) is 0 Å². The molecule has 2 fully saturated rings.